The van der Waals surface area contributed by atoms with Crippen molar-refractivity contribution in [2.75, 3.05) is 14.2 Å². The quantitative estimate of drug-likeness (QED) is 0.265. The molecule has 0 saturated carbocycles. The predicted molar refractivity (Wildman–Crippen MR) is 129 cm³/mol. The van der Waals surface area contributed by atoms with Crippen molar-refractivity contribution in [1.29, 1.82) is 0 Å². The number of methoxy groups -OCH3 is 2. The van der Waals surface area contributed by atoms with Crippen LogP contribution in [0.2, 0.25) is 0 Å². The third kappa shape index (κ3) is 5.13. The molecule has 0 spiro atoms. The molecule has 172 valence electrons. The summed E-state index contributed by atoms with van der Waals surface area (Å²) in [5.41, 5.74) is 1.86. The second-order valence-electron chi connectivity index (χ2n) is 7.28. The van der Waals surface area contributed by atoms with Crippen molar-refractivity contribution in [2.45, 2.75) is 6.54 Å². The molecule has 1 heterocycles. The normalized spacial score (nSPS) is 14.4. The lowest BCUT2D eigenvalue weighted by atomic mass is 10.1. The molecule has 0 radical (unpaired) electrons. The molecule has 34 heavy (non-hydrogen) atoms. The SMILES string of the molecule is COc1ccc(C(=O)Oc2ccc(/C=C3\SC(=O)N(Cc4ccccc4)C3=O)cc2OC)cc1. The molecule has 0 unspecified atom stereocenters. The number of hydrogen-bond acceptors (Lipinski definition) is 7. The van der Waals surface area contributed by atoms with Gasteiger partial charge >= 0.3 is 5.97 Å². The van der Waals surface area contributed by atoms with Crippen LogP contribution in [0.3, 0.4) is 0 Å². The summed E-state index contributed by atoms with van der Waals surface area (Å²) in [6, 6.07) is 20.8. The highest BCUT2D eigenvalue weighted by atomic mass is 32.2. The van der Waals surface area contributed by atoms with Crippen molar-refractivity contribution in [3.63, 3.8) is 0 Å². The van der Waals surface area contributed by atoms with Crippen LogP contribution >= 0.6 is 11.8 Å². The van der Waals surface area contributed by atoms with Gasteiger partial charge in [0.15, 0.2) is 11.5 Å². The van der Waals surface area contributed by atoms with Gasteiger partial charge in [0.2, 0.25) is 0 Å². The van der Waals surface area contributed by atoms with E-state index in [2.05, 4.69) is 0 Å². The molecule has 4 rings (SSSR count). The third-order valence-electron chi connectivity index (χ3n) is 5.07. The smallest absolute Gasteiger partial charge is 0.343 e. The first kappa shape index (κ1) is 23.1. The average Bonchev–Trinajstić information content (AvgIpc) is 3.12. The Bertz CT molecular complexity index is 1250. The van der Waals surface area contributed by atoms with Crippen LogP contribution in [0.25, 0.3) is 6.08 Å². The molecule has 8 heteroatoms. The van der Waals surface area contributed by atoms with Gasteiger partial charge in [-0.05, 0) is 65.4 Å². The molecular weight excluding hydrogens is 454 g/mol. The summed E-state index contributed by atoms with van der Waals surface area (Å²) >= 11 is 0.887. The fourth-order valence-corrected chi connectivity index (χ4v) is 4.14. The van der Waals surface area contributed by atoms with Crippen molar-refractivity contribution in [3.05, 3.63) is 94.4 Å². The van der Waals surface area contributed by atoms with Crippen LogP contribution in [0.4, 0.5) is 4.79 Å². The number of nitrogens with zero attached hydrogens (tertiary/aromatic N) is 1. The van der Waals surface area contributed by atoms with E-state index < -0.39 is 5.97 Å². The maximum Gasteiger partial charge on any atom is 0.343 e. The molecule has 2 amide bonds. The molecule has 3 aromatic carbocycles. The topological polar surface area (TPSA) is 82.1 Å². The highest BCUT2D eigenvalue weighted by molar-refractivity contribution is 8.18. The molecule has 1 aliphatic rings. The van der Waals surface area contributed by atoms with Gasteiger partial charge in [0.05, 0.1) is 31.2 Å². The predicted octanol–water partition coefficient (Wildman–Crippen LogP) is 5.16. The van der Waals surface area contributed by atoms with E-state index in [-0.39, 0.29) is 23.4 Å². The molecule has 7 nitrogen and oxygen atoms in total. The van der Waals surface area contributed by atoms with Gasteiger partial charge in [-0.3, -0.25) is 14.5 Å². The van der Waals surface area contributed by atoms with Crippen LogP contribution in [0.5, 0.6) is 17.2 Å². The third-order valence-corrected chi connectivity index (χ3v) is 5.98. The maximum absolute atomic E-state index is 12.8. The summed E-state index contributed by atoms with van der Waals surface area (Å²) in [4.78, 5) is 39.2. The molecule has 0 atom stereocenters. The largest absolute Gasteiger partial charge is 0.497 e. The first-order chi connectivity index (χ1) is 16.5. The van der Waals surface area contributed by atoms with Crippen molar-refractivity contribution < 1.29 is 28.6 Å². The van der Waals surface area contributed by atoms with E-state index in [0.29, 0.717) is 27.5 Å². The summed E-state index contributed by atoms with van der Waals surface area (Å²) in [5.74, 6) is 0.284. The van der Waals surface area contributed by atoms with Crippen LogP contribution < -0.4 is 14.2 Å². The second kappa shape index (κ2) is 10.3. The summed E-state index contributed by atoms with van der Waals surface area (Å²) in [7, 11) is 3.00. The number of hydrogen-bond donors (Lipinski definition) is 0. The van der Waals surface area contributed by atoms with Gasteiger partial charge in [0, 0.05) is 0 Å². The molecule has 0 N–H and O–H groups in total. The summed E-state index contributed by atoms with van der Waals surface area (Å²) in [5, 5.41) is -0.322. The van der Waals surface area contributed by atoms with Gasteiger partial charge in [0.25, 0.3) is 11.1 Å². The van der Waals surface area contributed by atoms with Crippen LogP contribution in [-0.4, -0.2) is 36.2 Å². The summed E-state index contributed by atoms with van der Waals surface area (Å²) < 4.78 is 16.0. The van der Waals surface area contributed by atoms with E-state index >= 15 is 0 Å². The number of ether oxygens (including phenoxy) is 3. The lowest BCUT2D eigenvalue weighted by Gasteiger charge is -2.12. The Morgan fingerprint density at radius 3 is 2.32 bits per heavy atom. The zero-order valence-electron chi connectivity index (χ0n) is 18.5. The number of thioether (sulfide) groups is 1. The van der Waals surface area contributed by atoms with E-state index in [0.717, 1.165) is 17.3 Å². The molecule has 1 aliphatic heterocycles. The first-order valence-electron chi connectivity index (χ1n) is 10.3. The fraction of sp³-hybridized carbons (Fsp3) is 0.115. The molecule has 0 aliphatic carbocycles. The first-order valence-corrected chi connectivity index (χ1v) is 11.1. The monoisotopic (exact) mass is 475 g/mol. The minimum atomic E-state index is -0.546. The Morgan fingerprint density at radius 1 is 0.912 bits per heavy atom. The number of benzene rings is 3. The highest BCUT2D eigenvalue weighted by Gasteiger charge is 2.35. The van der Waals surface area contributed by atoms with Gasteiger partial charge in [-0.1, -0.05) is 36.4 Å². The van der Waals surface area contributed by atoms with Crippen LogP contribution in [0.1, 0.15) is 21.5 Å². The minimum Gasteiger partial charge on any atom is -0.497 e. The van der Waals surface area contributed by atoms with Gasteiger partial charge in [-0.2, -0.15) is 0 Å². The Balaban J connectivity index is 1.50. The van der Waals surface area contributed by atoms with E-state index in [4.69, 9.17) is 14.2 Å². The number of rotatable bonds is 7. The second-order valence-corrected chi connectivity index (χ2v) is 8.27. The van der Waals surface area contributed by atoms with E-state index in [1.54, 1.807) is 55.7 Å². The summed E-state index contributed by atoms with van der Waals surface area (Å²) in [6.45, 7) is 0.215. The highest BCUT2D eigenvalue weighted by Crippen LogP contribution is 2.35. The van der Waals surface area contributed by atoms with E-state index in [1.807, 2.05) is 30.3 Å². The zero-order valence-corrected chi connectivity index (χ0v) is 19.3. The van der Waals surface area contributed by atoms with Gasteiger partial charge in [-0.25, -0.2) is 4.79 Å². The zero-order chi connectivity index (χ0) is 24.1. The Labute approximate surface area is 200 Å². The summed E-state index contributed by atoms with van der Waals surface area (Å²) in [6.07, 6.45) is 1.62. The van der Waals surface area contributed by atoms with E-state index in [9.17, 15) is 14.4 Å². The molecule has 1 fully saturated rings. The van der Waals surface area contributed by atoms with Crippen molar-refractivity contribution >= 4 is 35.0 Å². The van der Waals surface area contributed by atoms with Crippen LogP contribution in [0.15, 0.2) is 77.7 Å². The maximum atomic E-state index is 12.8. The minimum absolute atomic E-state index is 0.215. The molecule has 3 aromatic rings. The average molecular weight is 476 g/mol. The van der Waals surface area contributed by atoms with Gasteiger partial charge < -0.3 is 14.2 Å². The number of carbonyl (C=O) groups is 3. The molecule has 0 bridgehead atoms. The molecule has 1 saturated heterocycles. The number of amides is 2. The van der Waals surface area contributed by atoms with E-state index in [1.165, 1.54) is 12.0 Å². The van der Waals surface area contributed by atoms with Crippen molar-refractivity contribution in [2.24, 2.45) is 0 Å². The number of imide groups is 1. The lowest BCUT2D eigenvalue weighted by Crippen LogP contribution is -2.27. The Morgan fingerprint density at radius 2 is 1.65 bits per heavy atom. The molecule has 0 aromatic heterocycles. The number of esters is 1. The van der Waals surface area contributed by atoms with Crippen LogP contribution in [0, 0.1) is 0 Å². The van der Waals surface area contributed by atoms with Gasteiger partial charge in [0.1, 0.15) is 5.75 Å². The Hall–Kier alpha value is -4.04. The van der Waals surface area contributed by atoms with Gasteiger partial charge in [-0.15, -0.1) is 0 Å². The number of carbonyl (C=O) groups excluding carboxylic acids is 3. The van der Waals surface area contributed by atoms with Crippen molar-refractivity contribution in [1.82, 2.24) is 4.90 Å². The lowest BCUT2D eigenvalue weighted by molar-refractivity contribution is -0.123. The fourth-order valence-electron chi connectivity index (χ4n) is 3.30. The Kier molecular flexibility index (Phi) is 6.98. The van der Waals surface area contributed by atoms with Crippen molar-refractivity contribution in [3.8, 4) is 17.2 Å². The van der Waals surface area contributed by atoms with Crippen LogP contribution in [-0.2, 0) is 11.3 Å². The standard InChI is InChI=1S/C26H21NO6S/c1-31-20-11-9-19(10-12-20)25(29)33-21-13-8-18(14-22(21)32-2)15-23-24(28)27(26(30)34-23)16-17-6-4-3-5-7-17/h3-15H,16H2,1-2H3/b23-15-. The molecular formula is C26H21NO6S.